The average Bonchev–Trinajstić information content (AvgIpc) is 2.99. The van der Waals surface area contributed by atoms with Gasteiger partial charge in [0.05, 0.1) is 19.2 Å². The van der Waals surface area contributed by atoms with Gasteiger partial charge in [0.15, 0.2) is 11.5 Å². The molecule has 1 aliphatic carbocycles. The van der Waals surface area contributed by atoms with Gasteiger partial charge >= 0.3 is 5.97 Å². The van der Waals surface area contributed by atoms with Crippen LogP contribution in [0.15, 0.2) is 41.6 Å². The van der Waals surface area contributed by atoms with E-state index < -0.39 is 12.0 Å². The number of piperidine rings is 1. The molecule has 4 N–H and O–H groups in total. The second kappa shape index (κ2) is 6.11. The molecule has 0 radical (unpaired) electrons. The lowest BCUT2D eigenvalue weighted by molar-refractivity contribution is -0.141. The van der Waals surface area contributed by atoms with Crippen molar-refractivity contribution in [3.8, 4) is 11.5 Å². The molecule has 25 heavy (non-hydrogen) atoms. The van der Waals surface area contributed by atoms with Crippen LogP contribution in [0.1, 0.15) is 30.9 Å². The van der Waals surface area contributed by atoms with Crippen molar-refractivity contribution in [2.75, 3.05) is 7.11 Å². The summed E-state index contributed by atoms with van der Waals surface area (Å²) in [5, 5.41) is 26.6. The number of benzene rings is 1. The minimum absolute atomic E-state index is 0.0615. The Morgan fingerprint density at radius 1 is 1.36 bits per heavy atom. The fourth-order valence-corrected chi connectivity index (χ4v) is 4.29. The van der Waals surface area contributed by atoms with Gasteiger partial charge < -0.3 is 20.3 Å². The summed E-state index contributed by atoms with van der Waals surface area (Å²) in [6.07, 6.45) is 6.85. The van der Waals surface area contributed by atoms with Crippen molar-refractivity contribution in [3.63, 3.8) is 0 Å². The highest BCUT2D eigenvalue weighted by atomic mass is 16.5. The van der Waals surface area contributed by atoms with E-state index in [4.69, 9.17) is 4.74 Å². The molecule has 0 amide bonds. The summed E-state index contributed by atoms with van der Waals surface area (Å²) in [7, 11) is 1.51. The fraction of sp³-hybridized carbons (Fsp3) is 0.421. The number of rotatable bonds is 3. The average molecular weight is 342 g/mol. The number of nitrogens with one attached hydrogen (secondary N) is 2. The minimum Gasteiger partial charge on any atom is -0.504 e. The van der Waals surface area contributed by atoms with Crippen LogP contribution < -0.4 is 15.4 Å². The third-order valence-corrected chi connectivity index (χ3v) is 5.47. The number of hydrogen-bond donors (Lipinski definition) is 4. The zero-order valence-electron chi connectivity index (χ0n) is 14.0. The number of hydrogen-bond acceptors (Lipinski definition) is 5. The molecule has 6 heteroatoms. The van der Waals surface area contributed by atoms with Crippen LogP contribution >= 0.6 is 0 Å². The zero-order chi connectivity index (χ0) is 17.6. The number of phenolic OH excluding ortho intramolecular Hbond substituents is 1. The van der Waals surface area contributed by atoms with Crippen LogP contribution in [0.4, 0.5) is 0 Å². The van der Waals surface area contributed by atoms with E-state index in [2.05, 4.69) is 22.8 Å². The van der Waals surface area contributed by atoms with Gasteiger partial charge in [-0.2, -0.15) is 0 Å². The number of carboxylic acids is 1. The maximum absolute atomic E-state index is 11.7. The number of ether oxygens (including phenoxy) is 1. The monoisotopic (exact) mass is 342 g/mol. The number of carbonyl (C=O) groups is 1. The first-order chi connectivity index (χ1) is 12.1. The summed E-state index contributed by atoms with van der Waals surface area (Å²) >= 11 is 0. The van der Waals surface area contributed by atoms with Crippen molar-refractivity contribution in [1.29, 1.82) is 0 Å². The quantitative estimate of drug-likeness (QED) is 0.672. The lowest BCUT2D eigenvalue weighted by Gasteiger charge is -2.39. The van der Waals surface area contributed by atoms with Crippen molar-refractivity contribution in [3.05, 3.63) is 47.2 Å². The third-order valence-electron chi connectivity index (χ3n) is 5.47. The molecule has 1 aromatic rings. The van der Waals surface area contributed by atoms with Gasteiger partial charge in [-0.3, -0.25) is 10.1 Å². The molecular formula is C19H22N2O4. The lowest BCUT2D eigenvalue weighted by atomic mass is 9.78. The van der Waals surface area contributed by atoms with Crippen LogP contribution in [0.25, 0.3) is 0 Å². The van der Waals surface area contributed by atoms with Gasteiger partial charge in [-0.1, -0.05) is 18.2 Å². The van der Waals surface area contributed by atoms with E-state index in [9.17, 15) is 15.0 Å². The number of carboxylic acid groups (broad SMARTS) is 1. The van der Waals surface area contributed by atoms with Crippen molar-refractivity contribution in [2.24, 2.45) is 5.92 Å². The normalized spacial score (nSPS) is 30.4. The first-order valence-corrected chi connectivity index (χ1v) is 8.60. The molecule has 1 fully saturated rings. The predicted octanol–water partition coefficient (Wildman–Crippen LogP) is 2.08. The minimum atomic E-state index is -0.838. The van der Waals surface area contributed by atoms with Crippen molar-refractivity contribution in [2.45, 2.75) is 37.4 Å². The number of allylic oxidation sites excluding steroid dienone is 3. The molecule has 0 saturated carbocycles. The van der Waals surface area contributed by atoms with Crippen LogP contribution in [0, 0.1) is 5.92 Å². The molecule has 4 atom stereocenters. The largest absolute Gasteiger partial charge is 0.504 e. The summed E-state index contributed by atoms with van der Waals surface area (Å²) in [4.78, 5) is 11.7. The highest BCUT2D eigenvalue weighted by Crippen LogP contribution is 2.43. The van der Waals surface area contributed by atoms with Gasteiger partial charge in [-0.15, -0.1) is 0 Å². The Labute approximate surface area is 146 Å². The van der Waals surface area contributed by atoms with Gasteiger partial charge in [0.25, 0.3) is 0 Å². The van der Waals surface area contributed by atoms with Gasteiger partial charge in [0.1, 0.15) is 6.04 Å². The first kappa shape index (κ1) is 16.0. The molecule has 1 aromatic carbocycles. The smallest absolute Gasteiger partial charge is 0.320 e. The molecule has 2 aliphatic heterocycles. The maximum atomic E-state index is 11.7. The molecule has 4 unspecified atom stereocenters. The van der Waals surface area contributed by atoms with Gasteiger partial charge in [0.2, 0.25) is 0 Å². The first-order valence-electron chi connectivity index (χ1n) is 8.60. The Kier molecular flexibility index (Phi) is 3.92. The van der Waals surface area contributed by atoms with E-state index in [-0.39, 0.29) is 23.8 Å². The van der Waals surface area contributed by atoms with Crippen LogP contribution in [0.3, 0.4) is 0 Å². The zero-order valence-corrected chi connectivity index (χ0v) is 14.0. The van der Waals surface area contributed by atoms with E-state index in [1.165, 1.54) is 18.4 Å². The van der Waals surface area contributed by atoms with Crippen LogP contribution in [-0.2, 0) is 4.79 Å². The Balaban J connectivity index is 1.70. The highest BCUT2D eigenvalue weighted by molar-refractivity contribution is 5.74. The van der Waals surface area contributed by atoms with Crippen molar-refractivity contribution in [1.82, 2.24) is 10.6 Å². The number of phenols is 1. The Morgan fingerprint density at radius 2 is 2.20 bits per heavy atom. The maximum Gasteiger partial charge on any atom is 0.320 e. The molecule has 132 valence electrons. The van der Waals surface area contributed by atoms with Crippen molar-refractivity contribution < 1.29 is 19.7 Å². The van der Waals surface area contributed by atoms with Gasteiger partial charge in [-0.25, -0.2) is 0 Å². The van der Waals surface area contributed by atoms with E-state index >= 15 is 0 Å². The Hall–Kier alpha value is -2.47. The number of methoxy groups -OCH3 is 1. The van der Waals surface area contributed by atoms with Crippen molar-refractivity contribution >= 4 is 5.97 Å². The fourth-order valence-electron chi connectivity index (χ4n) is 4.29. The molecule has 0 spiro atoms. The Morgan fingerprint density at radius 3 is 2.92 bits per heavy atom. The second-order valence-corrected chi connectivity index (χ2v) is 6.85. The molecule has 0 bridgehead atoms. The summed E-state index contributed by atoms with van der Waals surface area (Å²) in [5.41, 5.74) is 3.33. The molecule has 0 aromatic heterocycles. The van der Waals surface area contributed by atoms with Crippen LogP contribution in [-0.4, -0.2) is 35.4 Å². The summed E-state index contributed by atoms with van der Waals surface area (Å²) < 4.78 is 5.11. The number of aromatic hydroxyl groups is 1. The summed E-state index contributed by atoms with van der Waals surface area (Å²) in [5.74, 6) is -0.213. The number of fused-ring (bicyclic) bond motifs is 2. The van der Waals surface area contributed by atoms with E-state index in [0.717, 1.165) is 18.4 Å². The topological polar surface area (TPSA) is 90.8 Å². The van der Waals surface area contributed by atoms with E-state index in [0.29, 0.717) is 12.2 Å². The highest BCUT2D eigenvalue weighted by Gasteiger charge is 2.46. The van der Waals surface area contributed by atoms with Crippen LogP contribution in [0.2, 0.25) is 0 Å². The molecule has 1 saturated heterocycles. The van der Waals surface area contributed by atoms with Crippen LogP contribution in [0.5, 0.6) is 11.5 Å². The lowest BCUT2D eigenvalue weighted by Crippen LogP contribution is -2.54. The third kappa shape index (κ3) is 2.66. The summed E-state index contributed by atoms with van der Waals surface area (Å²) in [6.45, 7) is 0. The molecule has 2 heterocycles. The standard InChI is InChI=1S/C19H22N2O4/c1-25-16-7-6-10(8-15(16)22)17-18-12(9-14(21-17)19(23)24)11-4-2-3-5-13(11)20-18/h2,4,6-8,12,14,17-18,20-22H,3,5,9H2,1H3,(H,23,24). The molecule has 6 nitrogen and oxygen atoms in total. The van der Waals surface area contributed by atoms with E-state index in [1.54, 1.807) is 12.1 Å². The Bertz CT molecular complexity index is 771. The van der Waals surface area contributed by atoms with Gasteiger partial charge in [-0.05, 0) is 42.5 Å². The molecule has 4 rings (SSSR count). The van der Waals surface area contributed by atoms with E-state index in [1.807, 2.05) is 6.07 Å². The second-order valence-electron chi connectivity index (χ2n) is 6.85. The molecule has 3 aliphatic rings. The molecular weight excluding hydrogens is 320 g/mol. The number of aliphatic carboxylic acids is 1. The SMILES string of the molecule is COc1ccc(C2NC(C(=O)O)CC3C4=C(CCC=C4)NC32)cc1O. The summed E-state index contributed by atoms with van der Waals surface area (Å²) in [6, 6.07) is 4.53. The van der Waals surface area contributed by atoms with Gasteiger partial charge in [0, 0.05) is 11.6 Å². The predicted molar refractivity (Wildman–Crippen MR) is 92.4 cm³/mol.